The Kier molecular flexibility index (Phi) is 3.42. The highest BCUT2D eigenvalue weighted by Crippen LogP contribution is 2.33. The highest BCUT2D eigenvalue weighted by atomic mass is 35.5. The zero-order valence-corrected chi connectivity index (χ0v) is 11.1. The Labute approximate surface area is 119 Å². The summed E-state index contributed by atoms with van der Waals surface area (Å²) >= 11 is 6.06. The molecule has 0 aliphatic carbocycles. The van der Waals surface area contributed by atoms with E-state index in [9.17, 15) is 4.79 Å². The first kappa shape index (κ1) is 13.1. The van der Waals surface area contributed by atoms with Crippen LogP contribution < -0.4 is 0 Å². The van der Waals surface area contributed by atoms with Crippen molar-refractivity contribution in [2.24, 2.45) is 0 Å². The quantitative estimate of drug-likeness (QED) is 0.936. The minimum atomic E-state index is -0.974. The maximum absolute atomic E-state index is 10.8. The summed E-state index contributed by atoms with van der Waals surface area (Å²) in [5, 5.41) is 13.3. The molecule has 1 N–H and O–H groups in total. The number of benzene rings is 1. The van der Waals surface area contributed by atoms with E-state index in [1.54, 1.807) is 12.1 Å². The molecule has 2 unspecified atom stereocenters. The Bertz CT molecular complexity index is 643. The van der Waals surface area contributed by atoms with Crippen molar-refractivity contribution in [1.29, 1.82) is 0 Å². The van der Waals surface area contributed by atoms with Gasteiger partial charge < -0.3 is 14.4 Å². The van der Waals surface area contributed by atoms with Crippen molar-refractivity contribution in [1.82, 2.24) is 10.1 Å². The van der Waals surface area contributed by atoms with E-state index in [0.717, 1.165) is 0 Å². The third-order valence-electron chi connectivity index (χ3n) is 3.13. The number of carboxylic acid groups (broad SMARTS) is 1. The van der Waals surface area contributed by atoms with Gasteiger partial charge in [-0.3, -0.25) is 0 Å². The topological polar surface area (TPSA) is 85.5 Å². The normalized spacial score (nSPS) is 22.1. The Morgan fingerprint density at radius 1 is 1.35 bits per heavy atom. The van der Waals surface area contributed by atoms with E-state index in [2.05, 4.69) is 10.1 Å². The lowest BCUT2D eigenvalue weighted by Crippen LogP contribution is -2.18. The molecule has 2 atom stereocenters. The molecule has 1 fully saturated rings. The second-order valence-corrected chi connectivity index (χ2v) is 4.87. The molecule has 1 aromatic heterocycles. The number of hydrogen-bond acceptors (Lipinski definition) is 5. The van der Waals surface area contributed by atoms with Crippen molar-refractivity contribution >= 4 is 17.6 Å². The minimum absolute atomic E-state index is 0.281. The summed E-state index contributed by atoms with van der Waals surface area (Å²) < 4.78 is 10.5. The molecule has 1 saturated heterocycles. The number of ether oxygens (including phenoxy) is 1. The van der Waals surface area contributed by atoms with Crippen LogP contribution in [0.15, 0.2) is 28.8 Å². The minimum Gasteiger partial charge on any atom is -0.479 e. The maximum atomic E-state index is 10.8. The molecule has 0 amide bonds. The second kappa shape index (κ2) is 5.22. The zero-order valence-electron chi connectivity index (χ0n) is 10.3. The van der Waals surface area contributed by atoms with Crippen molar-refractivity contribution < 1.29 is 19.2 Å². The molecular weight excluding hydrogens is 284 g/mol. The van der Waals surface area contributed by atoms with E-state index >= 15 is 0 Å². The summed E-state index contributed by atoms with van der Waals surface area (Å²) in [7, 11) is 0. The monoisotopic (exact) mass is 294 g/mol. The van der Waals surface area contributed by atoms with E-state index in [1.165, 1.54) is 0 Å². The van der Waals surface area contributed by atoms with Gasteiger partial charge in [0, 0.05) is 5.56 Å². The molecule has 7 heteroatoms. The van der Waals surface area contributed by atoms with Crippen LogP contribution in [0, 0.1) is 0 Å². The number of hydrogen-bond donors (Lipinski definition) is 1. The Hall–Kier alpha value is -1.92. The van der Waals surface area contributed by atoms with Crippen LogP contribution in [-0.2, 0) is 9.53 Å². The average Bonchev–Trinajstić information content (AvgIpc) is 3.08. The standard InChI is InChI=1S/C13H11ClN2O4/c14-8-4-2-1-3-7(8)11-15-12(20-16-11)9-5-6-10(19-9)13(17)18/h1-4,9-10H,5-6H2,(H,17,18). The lowest BCUT2D eigenvalue weighted by atomic mass is 10.2. The number of carboxylic acids is 1. The third kappa shape index (κ3) is 2.39. The first-order valence-electron chi connectivity index (χ1n) is 6.12. The van der Waals surface area contributed by atoms with Crippen LogP contribution in [0.4, 0.5) is 0 Å². The van der Waals surface area contributed by atoms with Crippen molar-refractivity contribution in [3.05, 3.63) is 35.2 Å². The maximum Gasteiger partial charge on any atom is 0.332 e. The summed E-state index contributed by atoms with van der Waals surface area (Å²) in [6.07, 6.45) is -0.305. The molecule has 0 saturated carbocycles. The largest absolute Gasteiger partial charge is 0.479 e. The van der Waals surface area contributed by atoms with Gasteiger partial charge in [-0.1, -0.05) is 28.9 Å². The molecule has 104 valence electrons. The van der Waals surface area contributed by atoms with Gasteiger partial charge in [-0.2, -0.15) is 4.98 Å². The van der Waals surface area contributed by atoms with Crippen LogP contribution >= 0.6 is 11.6 Å². The molecule has 0 radical (unpaired) electrons. The first-order chi connectivity index (χ1) is 9.65. The fourth-order valence-corrected chi connectivity index (χ4v) is 2.34. The van der Waals surface area contributed by atoms with Gasteiger partial charge in [0.15, 0.2) is 6.10 Å². The van der Waals surface area contributed by atoms with Gasteiger partial charge in [0.05, 0.1) is 5.02 Å². The Morgan fingerprint density at radius 3 is 2.85 bits per heavy atom. The SMILES string of the molecule is O=C(O)C1CCC(c2nc(-c3ccccc3Cl)no2)O1. The molecule has 6 nitrogen and oxygen atoms in total. The third-order valence-corrected chi connectivity index (χ3v) is 3.46. The molecule has 1 aliphatic heterocycles. The van der Waals surface area contributed by atoms with Crippen LogP contribution in [0.1, 0.15) is 24.8 Å². The van der Waals surface area contributed by atoms with E-state index in [-0.39, 0.29) is 5.89 Å². The molecule has 1 aromatic carbocycles. The van der Waals surface area contributed by atoms with Crippen LogP contribution in [-0.4, -0.2) is 27.3 Å². The zero-order chi connectivity index (χ0) is 14.1. The Morgan fingerprint density at radius 2 is 2.15 bits per heavy atom. The molecule has 2 heterocycles. The van der Waals surface area contributed by atoms with E-state index < -0.39 is 18.2 Å². The fourth-order valence-electron chi connectivity index (χ4n) is 2.12. The van der Waals surface area contributed by atoms with Gasteiger partial charge >= 0.3 is 5.97 Å². The van der Waals surface area contributed by atoms with E-state index in [4.69, 9.17) is 26.0 Å². The van der Waals surface area contributed by atoms with Crippen LogP contribution in [0.25, 0.3) is 11.4 Å². The summed E-state index contributed by atoms with van der Waals surface area (Å²) in [5.41, 5.74) is 0.664. The predicted molar refractivity (Wildman–Crippen MR) is 69.2 cm³/mol. The highest BCUT2D eigenvalue weighted by molar-refractivity contribution is 6.33. The summed E-state index contributed by atoms with van der Waals surface area (Å²) in [4.78, 5) is 15.1. The van der Waals surface area contributed by atoms with Gasteiger partial charge in [-0.05, 0) is 25.0 Å². The molecule has 0 spiro atoms. The molecule has 3 rings (SSSR count). The van der Waals surface area contributed by atoms with Gasteiger partial charge in [-0.25, -0.2) is 4.79 Å². The van der Waals surface area contributed by atoms with E-state index in [1.807, 2.05) is 12.1 Å². The van der Waals surface area contributed by atoms with Crippen LogP contribution in [0.2, 0.25) is 5.02 Å². The smallest absolute Gasteiger partial charge is 0.332 e. The number of aromatic nitrogens is 2. The molecule has 1 aliphatic rings. The average molecular weight is 295 g/mol. The summed E-state index contributed by atoms with van der Waals surface area (Å²) in [6.45, 7) is 0. The summed E-state index contributed by atoms with van der Waals surface area (Å²) in [5.74, 6) is -0.324. The van der Waals surface area contributed by atoms with Crippen LogP contribution in [0.3, 0.4) is 0 Å². The number of rotatable bonds is 3. The predicted octanol–water partition coefficient (Wildman–Crippen LogP) is 2.69. The van der Waals surface area contributed by atoms with E-state index in [0.29, 0.717) is 29.3 Å². The first-order valence-corrected chi connectivity index (χ1v) is 6.49. The summed E-state index contributed by atoms with van der Waals surface area (Å²) in [6, 6.07) is 7.15. The van der Waals surface area contributed by atoms with Gasteiger partial charge in [-0.15, -0.1) is 0 Å². The van der Waals surface area contributed by atoms with Crippen molar-refractivity contribution in [2.45, 2.75) is 25.0 Å². The highest BCUT2D eigenvalue weighted by Gasteiger charge is 2.34. The second-order valence-electron chi connectivity index (χ2n) is 4.47. The van der Waals surface area contributed by atoms with Gasteiger partial charge in [0.1, 0.15) is 6.10 Å². The van der Waals surface area contributed by atoms with Crippen molar-refractivity contribution in [3.63, 3.8) is 0 Å². The fraction of sp³-hybridized carbons (Fsp3) is 0.308. The number of halogens is 1. The Balaban J connectivity index is 1.81. The number of aliphatic carboxylic acids is 1. The number of nitrogens with zero attached hydrogens (tertiary/aromatic N) is 2. The lowest BCUT2D eigenvalue weighted by molar-refractivity contribution is -0.150. The van der Waals surface area contributed by atoms with Crippen LogP contribution in [0.5, 0.6) is 0 Å². The molecule has 0 bridgehead atoms. The lowest BCUT2D eigenvalue weighted by Gasteiger charge is -2.05. The van der Waals surface area contributed by atoms with Crippen molar-refractivity contribution in [3.8, 4) is 11.4 Å². The van der Waals surface area contributed by atoms with Crippen molar-refractivity contribution in [2.75, 3.05) is 0 Å². The molecule has 20 heavy (non-hydrogen) atoms. The molecule has 2 aromatic rings. The molecular formula is C13H11ClN2O4. The van der Waals surface area contributed by atoms with Gasteiger partial charge in [0.2, 0.25) is 5.82 Å². The van der Waals surface area contributed by atoms with Gasteiger partial charge in [0.25, 0.3) is 5.89 Å². The number of carbonyl (C=O) groups is 1.